The van der Waals surface area contributed by atoms with Crippen molar-refractivity contribution in [3.05, 3.63) is 54.1 Å². The summed E-state index contributed by atoms with van der Waals surface area (Å²) >= 11 is 0. The molecule has 0 heterocycles. The van der Waals surface area contributed by atoms with E-state index in [1.54, 1.807) is 12.1 Å². The summed E-state index contributed by atoms with van der Waals surface area (Å²) in [6.07, 6.45) is 5.22. The summed E-state index contributed by atoms with van der Waals surface area (Å²) in [6.45, 7) is 2.28. The van der Waals surface area contributed by atoms with Crippen molar-refractivity contribution >= 4 is 0 Å². The molecule has 26 heavy (non-hydrogen) atoms. The summed E-state index contributed by atoms with van der Waals surface area (Å²) in [5.74, 6) is 1.44. The van der Waals surface area contributed by atoms with Crippen LogP contribution in [-0.4, -0.2) is 5.11 Å². The van der Waals surface area contributed by atoms with Gasteiger partial charge >= 0.3 is 0 Å². The predicted molar refractivity (Wildman–Crippen MR) is 102 cm³/mol. The summed E-state index contributed by atoms with van der Waals surface area (Å²) < 4.78 is 0. The smallest absolute Gasteiger partial charge is 0.168 e. The van der Waals surface area contributed by atoms with Crippen LogP contribution in [0.3, 0.4) is 0 Å². The second-order valence-electron chi connectivity index (χ2n) is 7.58. The van der Waals surface area contributed by atoms with Crippen molar-refractivity contribution in [2.24, 2.45) is 11.8 Å². The van der Waals surface area contributed by atoms with Crippen LogP contribution in [0.15, 0.2) is 48.5 Å². The van der Waals surface area contributed by atoms with E-state index in [4.69, 9.17) is 0 Å². The van der Waals surface area contributed by atoms with Crippen LogP contribution in [-0.2, 0) is 5.41 Å². The van der Waals surface area contributed by atoms with Gasteiger partial charge in [0.05, 0.1) is 12.1 Å². The first-order valence-electron chi connectivity index (χ1n) is 9.29. The molecule has 1 fully saturated rings. The number of nitriles is 2. The van der Waals surface area contributed by atoms with Crippen molar-refractivity contribution in [3.63, 3.8) is 0 Å². The topological polar surface area (TPSA) is 67.8 Å². The highest BCUT2D eigenvalue weighted by Gasteiger charge is 2.36. The lowest BCUT2D eigenvalue weighted by Gasteiger charge is -2.30. The van der Waals surface area contributed by atoms with Crippen molar-refractivity contribution in [2.75, 3.05) is 0 Å². The summed E-state index contributed by atoms with van der Waals surface area (Å²) in [7, 11) is 0. The van der Waals surface area contributed by atoms with E-state index in [9.17, 15) is 15.6 Å². The zero-order valence-corrected chi connectivity index (χ0v) is 15.2. The van der Waals surface area contributed by atoms with Crippen molar-refractivity contribution in [3.8, 4) is 29.0 Å². The second kappa shape index (κ2) is 7.63. The third-order valence-corrected chi connectivity index (χ3v) is 5.69. The predicted octanol–water partition coefficient (Wildman–Crippen LogP) is 5.56. The van der Waals surface area contributed by atoms with E-state index < -0.39 is 5.41 Å². The molecule has 0 bridgehead atoms. The minimum absolute atomic E-state index is 0.236. The van der Waals surface area contributed by atoms with Crippen molar-refractivity contribution in [1.29, 1.82) is 10.5 Å². The quantitative estimate of drug-likeness (QED) is 0.789. The van der Waals surface area contributed by atoms with Crippen LogP contribution in [0.4, 0.5) is 0 Å². The molecule has 0 atom stereocenters. The Labute approximate surface area is 155 Å². The molecular formula is C23H24N2O. The van der Waals surface area contributed by atoms with E-state index in [0.717, 1.165) is 35.4 Å². The van der Waals surface area contributed by atoms with Crippen LogP contribution in [0.2, 0.25) is 0 Å². The molecule has 3 rings (SSSR count). The van der Waals surface area contributed by atoms with Gasteiger partial charge in [-0.05, 0) is 47.1 Å². The normalized spacial score (nSPS) is 20.1. The average Bonchev–Trinajstić information content (AvgIpc) is 2.69. The van der Waals surface area contributed by atoms with E-state index >= 15 is 0 Å². The van der Waals surface area contributed by atoms with Gasteiger partial charge in [0.25, 0.3) is 0 Å². The van der Waals surface area contributed by atoms with Gasteiger partial charge < -0.3 is 5.11 Å². The molecule has 0 radical (unpaired) electrons. The van der Waals surface area contributed by atoms with Gasteiger partial charge in [0, 0.05) is 0 Å². The number of hydrogen-bond acceptors (Lipinski definition) is 3. The van der Waals surface area contributed by atoms with E-state index in [1.165, 1.54) is 12.8 Å². The molecule has 3 nitrogen and oxygen atoms in total. The number of phenolic OH excluding ortho intramolecular Hbond substituents is 1. The van der Waals surface area contributed by atoms with Gasteiger partial charge in [0.15, 0.2) is 5.41 Å². The van der Waals surface area contributed by atoms with E-state index in [-0.39, 0.29) is 5.75 Å². The van der Waals surface area contributed by atoms with Crippen LogP contribution < -0.4 is 0 Å². The van der Waals surface area contributed by atoms with Crippen molar-refractivity contribution < 1.29 is 5.11 Å². The highest BCUT2D eigenvalue weighted by atomic mass is 16.3. The Morgan fingerprint density at radius 2 is 1.38 bits per heavy atom. The lowest BCUT2D eigenvalue weighted by atomic mass is 9.71. The molecule has 0 spiro atoms. The fourth-order valence-corrected chi connectivity index (χ4v) is 3.93. The average molecular weight is 344 g/mol. The van der Waals surface area contributed by atoms with Crippen LogP contribution in [0.5, 0.6) is 5.75 Å². The fourth-order valence-electron chi connectivity index (χ4n) is 3.93. The first-order valence-corrected chi connectivity index (χ1v) is 9.29. The maximum atomic E-state index is 9.83. The van der Waals surface area contributed by atoms with Crippen LogP contribution in [0, 0.1) is 34.5 Å². The summed E-state index contributed by atoms with van der Waals surface area (Å²) in [6, 6.07) is 19.4. The van der Waals surface area contributed by atoms with Crippen LogP contribution in [0.1, 0.15) is 44.6 Å². The Bertz CT molecular complexity index is 802. The Balaban J connectivity index is 1.83. The van der Waals surface area contributed by atoms with Gasteiger partial charge in [0.1, 0.15) is 5.75 Å². The number of rotatable bonds is 4. The molecular weight excluding hydrogens is 320 g/mol. The van der Waals surface area contributed by atoms with Crippen LogP contribution in [0.25, 0.3) is 11.1 Å². The summed E-state index contributed by atoms with van der Waals surface area (Å²) in [5, 5.41) is 29.1. The van der Waals surface area contributed by atoms with Gasteiger partial charge in [0.2, 0.25) is 0 Å². The van der Waals surface area contributed by atoms with Crippen molar-refractivity contribution in [2.45, 2.75) is 44.4 Å². The zero-order valence-electron chi connectivity index (χ0n) is 15.2. The molecule has 0 aliphatic heterocycles. The maximum Gasteiger partial charge on any atom is 0.168 e. The van der Waals surface area contributed by atoms with E-state index in [1.807, 2.05) is 36.4 Å². The lowest BCUT2D eigenvalue weighted by molar-refractivity contribution is 0.261. The molecule has 1 aliphatic rings. The third kappa shape index (κ3) is 3.73. The van der Waals surface area contributed by atoms with E-state index in [2.05, 4.69) is 19.1 Å². The number of benzene rings is 2. The third-order valence-electron chi connectivity index (χ3n) is 5.69. The first-order chi connectivity index (χ1) is 12.6. The molecule has 0 amide bonds. The van der Waals surface area contributed by atoms with Gasteiger partial charge in [-0.3, -0.25) is 0 Å². The number of aromatic hydroxyl groups is 1. The largest absolute Gasteiger partial charge is 0.508 e. The summed E-state index contributed by atoms with van der Waals surface area (Å²) in [5.41, 5.74) is 1.71. The highest BCUT2D eigenvalue weighted by Crippen LogP contribution is 2.38. The second-order valence-corrected chi connectivity index (χ2v) is 7.58. The Hall–Kier alpha value is -2.78. The lowest BCUT2D eigenvalue weighted by Crippen LogP contribution is -2.27. The molecule has 2 aromatic rings. The SMILES string of the molecule is C[C@H]1CC[C@H](CC(C#N)(C#N)c2ccc(-c3ccc(O)cc3)cc2)CC1. The maximum absolute atomic E-state index is 9.83. The molecule has 1 N–H and O–H groups in total. The summed E-state index contributed by atoms with van der Waals surface area (Å²) in [4.78, 5) is 0. The van der Waals surface area contributed by atoms with E-state index in [0.29, 0.717) is 12.3 Å². The standard InChI is InChI=1S/C23H24N2O/c1-17-2-4-18(5-3-17)14-23(15-24,16-25)21-10-6-19(7-11-21)20-8-12-22(26)13-9-20/h6-13,17-18,26H,2-5,14H2,1H3/t17-,18-. The molecule has 0 saturated heterocycles. The monoisotopic (exact) mass is 344 g/mol. The van der Waals surface area contributed by atoms with Gasteiger partial charge in [-0.1, -0.05) is 69.0 Å². The minimum atomic E-state index is -1.07. The molecule has 1 saturated carbocycles. The number of nitrogens with zero attached hydrogens (tertiary/aromatic N) is 2. The van der Waals surface area contributed by atoms with Gasteiger partial charge in [-0.25, -0.2) is 0 Å². The zero-order chi connectivity index (χ0) is 18.6. The molecule has 0 unspecified atom stereocenters. The Kier molecular flexibility index (Phi) is 5.29. The Morgan fingerprint density at radius 3 is 1.88 bits per heavy atom. The minimum Gasteiger partial charge on any atom is -0.508 e. The van der Waals surface area contributed by atoms with Gasteiger partial charge in [-0.2, -0.15) is 10.5 Å². The van der Waals surface area contributed by atoms with Crippen LogP contribution >= 0.6 is 0 Å². The molecule has 0 aromatic heterocycles. The molecule has 2 aromatic carbocycles. The number of phenols is 1. The van der Waals surface area contributed by atoms with Gasteiger partial charge in [-0.15, -0.1) is 0 Å². The molecule has 1 aliphatic carbocycles. The molecule has 3 heteroatoms. The molecule has 132 valence electrons. The fraction of sp³-hybridized carbons (Fsp3) is 0.391. The Morgan fingerprint density at radius 1 is 0.885 bits per heavy atom. The van der Waals surface area contributed by atoms with Crippen molar-refractivity contribution in [1.82, 2.24) is 0 Å². The first kappa shape index (κ1) is 18.0. The highest BCUT2D eigenvalue weighted by molar-refractivity contribution is 5.65. The number of hydrogen-bond donors (Lipinski definition) is 1.